The third kappa shape index (κ3) is 3.78. The first kappa shape index (κ1) is 14.0. The summed E-state index contributed by atoms with van der Waals surface area (Å²) in [7, 11) is 1.70. The van der Waals surface area contributed by atoms with E-state index in [-0.39, 0.29) is 18.2 Å². The van der Waals surface area contributed by atoms with Gasteiger partial charge in [-0.15, -0.1) is 0 Å². The number of methoxy groups -OCH3 is 1. The molecule has 2 N–H and O–H groups in total. The van der Waals surface area contributed by atoms with Crippen LogP contribution in [-0.2, 0) is 16.0 Å². The fraction of sp³-hybridized carbons (Fsp3) is 0.692. The SMILES string of the molecule is COC1CCCC(OC(=O)c2cn(CCN)cn2)C1. The first-order valence-electron chi connectivity index (χ1n) is 6.68. The number of nitrogens with two attached hydrogens (primary N) is 1. The monoisotopic (exact) mass is 267 g/mol. The normalized spacial score (nSPS) is 23.3. The minimum Gasteiger partial charge on any atom is -0.458 e. The summed E-state index contributed by atoms with van der Waals surface area (Å²) in [6.45, 7) is 1.17. The molecule has 0 radical (unpaired) electrons. The summed E-state index contributed by atoms with van der Waals surface area (Å²) in [4.78, 5) is 16.0. The van der Waals surface area contributed by atoms with Gasteiger partial charge in [0.05, 0.1) is 12.4 Å². The van der Waals surface area contributed by atoms with E-state index in [0.29, 0.717) is 18.8 Å². The van der Waals surface area contributed by atoms with Gasteiger partial charge in [0.1, 0.15) is 6.10 Å². The van der Waals surface area contributed by atoms with Gasteiger partial charge in [-0.2, -0.15) is 0 Å². The van der Waals surface area contributed by atoms with Gasteiger partial charge in [-0.25, -0.2) is 9.78 Å². The predicted molar refractivity (Wildman–Crippen MR) is 69.7 cm³/mol. The highest BCUT2D eigenvalue weighted by Gasteiger charge is 2.25. The molecule has 2 unspecified atom stereocenters. The van der Waals surface area contributed by atoms with E-state index in [2.05, 4.69) is 4.98 Å². The lowest BCUT2D eigenvalue weighted by atomic mass is 9.95. The Morgan fingerprint density at radius 1 is 1.53 bits per heavy atom. The van der Waals surface area contributed by atoms with Crippen LogP contribution in [0.4, 0.5) is 0 Å². The first-order chi connectivity index (χ1) is 9.22. The Balaban J connectivity index is 1.88. The summed E-state index contributed by atoms with van der Waals surface area (Å²) < 4.78 is 12.6. The maximum atomic E-state index is 12.0. The maximum absolute atomic E-state index is 12.0. The summed E-state index contributed by atoms with van der Waals surface area (Å²) in [5.74, 6) is -0.363. The number of imidazole rings is 1. The van der Waals surface area contributed by atoms with Crippen LogP contribution in [0.1, 0.15) is 36.2 Å². The standard InChI is InChI=1S/C13H21N3O3/c1-18-10-3-2-4-11(7-10)19-13(17)12-8-16(6-5-14)9-15-12/h8-11H,2-7,14H2,1H3. The third-order valence-electron chi connectivity index (χ3n) is 3.41. The molecule has 1 fully saturated rings. The molecule has 1 saturated carbocycles. The summed E-state index contributed by atoms with van der Waals surface area (Å²) in [6, 6.07) is 0. The number of aromatic nitrogens is 2. The quantitative estimate of drug-likeness (QED) is 0.804. The second kappa shape index (κ2) is 6.68. The average Bonchev–Trinajstić information content (AvgIpc) is 2.88. The first-order valence-corrected chi connectivity index (χ1v) is 6.68. The van der Waals surface area contributed by atoms with Crippen molar-refractivity contribution >= 4 is 5.97 Å². The fourth-order valence-corrected chi connectivity index (χ4v) is 2.37. The van der Waals surface area contributed by atoms with Gasteiger partial charge < -0.3 is 19.8 Å². The average molecular weight is 267 g/mol. The summed E-state index contributed by atoms with van der Waals surface area (Å²) in [5.41, 5.74) is 5.79. The zero-order valence-electron chi connectivity index (χ0n) is 11.2. The van der Waals surface area contributed by atoms with Gasteiger partial charge in [0.25, 0.3) is 0 Å². The van der Waals surface area contributed by atoms with Gasteiger partial charge in [-0.1, -0.05) is 0 Å². The Hall–Kier alpha value is -1.40. The van der Waals surface area contributed by atoms with Crippen molar-refractivity contribution in [2.24, 2.45) is 5.73 Å². The lowest BCUT2D eigenvalue weighted by Crippen LogP contribution is -2.29. The maximum Gasteiger partial charge on any atom is 0.358 e. The minimum absolute atomic E-state index is 0.0640. The van der Waals surface area contributed by atoms with Crippen LogP contribution in [0.2, 0.25) is 0 Å². The molecule has 106 valence electrons. The predicted octanol–water partition coefficient (Wildman–Crippen LogP) is 0.956. The molecule has 0 saturated heterocycles. The van der Waals surface area contributed by atoms with Crippen molar-refractivity contribution in [1.82, 2.24) is 9.55 Å². The molecular weight excluding hydrogens is 246 g/mol. The van der Waals surface area contributed by atoms with Gasteiger partial charge in [0.15, 0.2) is 5.69 Å². The number of rotatable bonds is 5. The summed E-state index contributed by atoms with van der Waals surface area (Å²) >= 11 is 0. The second-order valence-corrected chi connectivity index (χ2v) is 4.84. The Bertz CT molecular complexity index is 419. The molecule has 0 amide bonds. The molecule has 19 heavy (non-hydrogen) atoms. The van der Waals surface area contributed by atoms with Gasteiger partial charge in [-0.3, -0.25) is 0 Å². The number of carbonyl (C=O) groups excluding carboxylic acids is 1. The van der Waals surface area contributed by atoms with Crippen molar-refractivity contribution < 1.29 is 14.3 Å². The molecule has 1 aromatic heterocycles. The molecule has 6 nitrogen and oxygen atoms in total. The Morgan fingerprint density at radius 2 is 2.32 bits per heavy atom. The second-order valence-electron chi connectivity index (χ2n) is 4.84. The Labute approximate surface area is 112 Å². The van der Waals surface area contributed by atoms with E-state index >= 15 is 0 Å². The number of hydrogen-bond donors (Lipinski definition) is 1. The molecule has 1 aliphatic rings. The van der Waals surface area contributed by atoms with E-state index in [0.717, 1.165) is 25.7 Å². The highest BCUT2D eigenvalue weighted by molar-refractivity contribution is 5.87. The third-order valence-corrected chi connectivity index (χ3v) is 3.41. The van der Waals surface area contributed by atoms with Gasteiger partial charge in [-0.05, 0) is 19.3 Å². The number of esters is 1. The molecule has 0 aromatic carbocycles. The van der Waals surface area contributed by atoms with E-state index in [1.54, 1.807) is 24.2 Å². The minimum atomic E-state index is -0.363. The highest BCUT2D eigenvalue weighted by Crippen LogP contribution is 2.23. The molecule has 1 aliphatic carbocycles. The summed E-state index contributed by atoms with van der Waals surface area (Å²) in [6.07, 6.45) is 7.13. The lowest BCUT2D eigenvalue weighted by molar-refractivity contribution is -0.0152. The Morgan fingerprint density at radius 3 is 3.05 bits per heavy atom. The van der Waals surface area contributed by atoms with Crippen LogP contribution < -0.4 is 5.73 Å². The fourth-order valence-electron chi connectivity index (χ4n) is 2.37. The molecule has 6 heteroatoms. The molecular formula is C13H21N3O3. The molecule has 0 aliphatic heterocycles. The highest BCUT2D eigenvalue weighted by atomic mass is 16.5. The van der Waals surface area contributed by atoms with Crippen LogP contribution in [0.25, 0.3) is 0 Å². The van der Waals surface area contributed by atoms with Crippen molar-refractivity contribution in [3.8, 4) is 0 Å². The van der Waals surface area contributed by atoms with Gasteiger partial charge >= 0.3 is 5.97 Å². The topological polar surface area (TPSA) is 79.4 Å². The number of nitrogens with zero attached hydrogens (tertiary/aromatic N) is 2. The zero-order valence-corrected chi connectivity index (χ0v) is 11.2. The smallest absolute Gasteiger partial charge is 0.358 e. The van der Waals surface area contributed by atoms with E-state index in [4.69, 9.17) is 15.2 Å². The van der Waals surface area contributed by atoms with Gasteiger partial charge in [0.2, 0.25) is 0 Å². The van der Waals surface area contributed by atoms with Crippen molar-refractivity contribution in [1.29, 1.82) is 0 Å². The molecule has 1 heterocycles. The van der Waals surface area contributed by atoms with E-state index in [1.807, 2.05) is 0 Å². The van der Waals surface area contributed by atoms with Crippen LogP contribution in [0.3, 0.4) is 0 Å². The van der Waals surface area contributed by atoms with Crippen LogP contribution in [0.15, 0.2) is 12.5 Å². The molecule has 0 bridgehead atoms. The Kier molecular flexibility index (Phi) is 4.93. The van der Waals surface area contributed by atoms with Crippen molar-refractivity contribution in [2.75, 3.05) is 13.7 Å². The van der Waals surface area contributed by atoms with Crippen molar-refractivity contribution in [3.05, 3.63) is 18.2 Å². The zero-order chi connectivity index (χ0) is 13.7. The van der Waals surface area contributed by atoms with Crippen LogP contribution >= 0.6 is 0 Å². The number of ether oxygens (including phenoxy) is 2. The van der Waals surface area contributed by atoms with Crippen LogP contribution in [0.5, 0.6) is 0 Å². The number of carbonyl (C=O) groups is 1. The van der Waals surface area contributed by atoms with Crippen LogP contribution in [-0.4, -0.2) is 41.4 Å². The molecule has 1 aromatic rings. The van der Waals surface area contributed by atoms with Gasteiger partial charge in [0, 0.05) is 32.8 Å². The van der Waals surface area contributed by atoms with E-state index < -0.39 is 0 Å². The lowest BCUT2D eigenvalue weighted by Gasteiger charge is -2.27. The number of hydrogen-bond acceptors (Lipinski definition) is 5. The van der Waals surface area contributed by atoms with E-state index in [9.17, 15) is 4.79 Å². The van der Waals surface area contributed by atoms with Crippen molar-refractivity contribution in [2.45, 2.75) is 44.4 Å². The molecule has 2 atom stereocenters. The van der Waals surface area contributed by atoms with Crippen LogP contribution in [0, 0.1) is 0 Å². The summed E-state index contributed by atoms with van der Waals surface area (Å²) in [5, 5.41) is 0. The molecule has 2 rings (SSSR count). The van der Waals surface area contributed by atoms with E-state index in [1.165, 1.54) is 0 Å². The molecule has 0 spiro atoms. The van der Waals surface area contributed by atoms with Crippen molar-refractivity contribution in [3.63, 3.8) is 0 Å². The largest absolute Gasteiger partial charge is 0.458 e.